The number of rotatable bonds is 6. The van der Waals surface area contributed by atoms with Gasteiger partial charge in [0.25, 0.3) is 5.91 Å². The molecule has 0 unspecified atom stereocenters. The second-order valence-electron chi connectivity index (χ2n) is 6.77. The number of hydrogen-bond acceptors (Lipinski definition) is 4. The molecule has 3 rings (SSSR count). The van der Waals surface area contributed by atoms with E-state index in [2.05, 4.69) is 10.1 Å². The lowest BCUT2D eigenvalue weighted by Crippen LogP contribution is -2.33. The smallest absolute Gasteiger partial charge is 0.260 e. The molecule has 2 aromatic carbocycles. The topological polar surface area (TPSA) is 60.2 Å². The third kappa shape index (κ3) is 4.34. The lowest BCUT2D eigenvalue weighted by Gasteiger charge is -2.26. The predicted octanol–water partition coefficient (Wildman–Crippen LogP) is 4.14. The zero-order chi connectivity index (χ0) is 20.3. The van der Waals surface area contributed by atoms with Crippen LogP contribution in [0.5, 0.6) is 5.75 Å². The second-order valence-corrected chi connectivity index (χ2v) is 7.21. The summed E-state index contributed by atoms with van der Waals surface area (Å²) >= 11 is 6.05. The fourth-order valence-corrected chi connectivity index (χ4v) is 3.37. The Labute approximate surface area is 169 Å². The average molecular weight is 399 g/mol. The highest BCUT2D eigenvalue weighted by Crippen LogP contribution is 2.27. The van der Waals surface area contributed by atoms with Crippen molar-refractivity contribution in [3.05, 3.63) is 70.8 Å². The van der Waals surface area contributed by atoms with Crippen LogP contribution in [0, 0.1) is 13.8 Å². The van der Waals surface area contributed by atoms with Gasteiger partial charge in [-0.25, -0.2) is 9.67 Å². The SMILES string of the molecule is Cc1cc(Cl)cc(C)c1OCC(=O)N(C)[C@H](C)c1ccc(-n2cncn2)cc1. The number of nitrogens with zero attached hydrogens (tertiary/aromatic N) is 4. The van der Waals surface area contributed by atoms with Crippen molar-refractivity contribution in [2.75, 3.05) is 13.7 Å². The molecule has 0 aliphatic rings. The molecule has 0 fully saturated rings. The van der Waals surface area contributed by atoms with Crippen molar-refractivity contribution < 1.29 is 9.53 Å². The Morgan fingerprint density at radius 2 is 1.86 bits per heavy atom. The highest BCUT2D eigenvalue weighted by Gasteiger charge is 2.19. The van der Waals surface area contributed by atoms with Gasteiger partial charge in [0.15, 0.2) is 6.61 Å². The number of halogens is 1. The molecule has 0 saturated carbocycles. The Kier molecular flexibility index (Phi) is 5.99. The van der Waals surface area contributed by atoms with Crippen LogP contribution in [-0.4, -0.2) is 39.2 Å². The summed E-state index contributed by atoms with van der Waals surface area (Å²) in [6, 6.07) is 11.5. The van der Waals surface area contributed by atoms with Crippen molar-refractivity contribution in [3.8, 4) is 11.4 Å². The number of carbonyl (C=O) groups excluding carboxylic acids is 1. The molecular weight excluding hydrogens is 376 g/mol. The highest BCUT2D eigenvalue weighted by atomic mass is 35.5. The van der Waals surface area contributed by atoms with Gasteiger partial charge in [-0.05, 0) is 61.7 Å². The van der Waals surface area contributed by atoms with Crippen LogP contribution < -0.4 is 4.74 Å². The molecule has 0 N–H and O–H groups in total. The molecule has 1 aromatic heterocycles. The summed E-state index contributed by atoms with van der Waals surface area (Å²) in [5, 5.41) is 4.77. The Morgan fingerprint density at radius 1 is 1.21 bits per heavy atom. The van der Waals surface area contributed by atoms with Gasteiger partial charge >= 0.3 is 0 Å². The van der Waals surface area contributed by atoms with Crippen molar-refractivity contribution in [2.24, 2.45) is 0 Å². The van der Waals surface area contributed by atoms with Gasteiger partial charge in [-0.1, -0.05) is 23.7 Å². The van der Waals surface area contributed by atoms with Crippen LogP contribution >= 0.6 is 11.6 Å². The summed E-state index contributed by atoms with van der Waals surface area (Å²) in [7, 11) is 1.78. The summed E-state index contributed by atoms with van der Waals surface area (Å²) in [4.78, 5) is 18.3. The minimum atomic E-state index is -0.0957. The van der Waals surface area contributed by atoms with Gasteiger partial charge in [0.2, 0.25) is 0 Å². The molecule has 1 atom stereocenters. The minimum absolute atomic E-state index is 0.0266. The maximum atomic E-state index is 12.6. The molecule has 0 saturated heterocycles. The number of benzene rings is 2. The highest BCUT2D eigenvalue weighted by molar-refractivity contribution is 6.30. The van der Waals surface area contributed by atoms with Crippen molar-refractivity contribution in [1.82, 2.24) is 19.7 Å². The third-order valence-corrected chi connectivity index (χ3v) is 5.02. The molecule has 6 nitrogen and oxygen atoms in total. The predicted molar refractivity (Wildman–Crippen MR) is 109 cm³/mol. The van der Waals surface area contributed by atoms with E-state index in [0.717, 1.165) is 22.4 Å². The summed E-state index contributed by atoms with van der Waals surface area (Å²) in [6.45, 7) is 5.80. The molecular formula is C21H23ClN4O2. The van der Waals surface area contributed by atoms with Crippen LogP contribution in [0.2, 0.25) is 5.02 Å². The van der Waals surface area contributed by atoms with Gasteiger partial charge in [0.05, 0.1) is 11.7 Å². The van der Waals surface area contributed by atoms with Crippen molar-refractivity contribution in [2.45, 2.75) is 26.8 Å². The number of ether oxygens (including phenoxy) is 1. The first kappa shape index (κ1) is 19.9. The molecule has 1 amide bonds. The number of hydrogen-bond donors (Lipinski definition) is 0. The molecule has 0 aliphatic heterocycles. The molecule has 28 heavy (non-hydrogen) atoms. The van der Waals surface area contributed by atoms with Crippen molar-refractivity contribution in [3.63, 3.8) is 0 Å². The molecule has 3 aromatic rings. The first-order valence-electron chi connectivity index (χ1n) is 8.97. The largest absolute Gasteiger partial charge is 0.483 e. The van der Waals surface area contributed by atoms with Crippen molar-refractivity contribution >= 4 is 17.5 Å². The zero-order valence-electron chi connectivity index (χ0n) is 16.4. The third-order valence-electron chi connectivity index (χ3n) is 4.80. The lowest BCUT2D eigenvalue weighted by molar-refractivity contribution is -0.134. The minimum Gasteiger partial charge on any atom is -0.483 e. The van der Waals surface area contributed by atoms with Crippen LogP contribution in [0.25, 0.3) is 5.69 Å². The van der Waals surface area contributed by atoms with E-state index in [4.69, 9.17) is 16.3 Å². The van der Waals surface area contributed by atoms with Gasteiger partial charge < -0.3 is 9.64 Å². The van der Waals surface area contributed by atoms with Gasteiger partial charge in [-0.15, -0.1) is 0 Å². The van der Waals surface area contributed by atoms with E-state index in [1.54, 1.807) is 23.0 Å². The van der Waals surface area contributed by atoms with Crippen molar-refractivity contribution in [1.29, 1.82) is 0 Å². The first-order valence-corrected chi connectivity index (χ1v) is 9.34. The normalized spacial score (nSPS) is 11.9. The summed E-state index contributed by atoms with van der Waals surface area (Å²) in [6.07, 6.45) is 3.14. The lowest BCUT2D eigenvalue weighted by atomic mass is 10.1. The number of carbonyl (C=O) groups is 1. The van der Waals surface area contributed by atoms with Crippen LogP contribution in [0.3, 0.4) is 0 Å². The Bertz CT molecular complexity index is 932. The maximum absolute atomic E-state index is 12.6. The molecule has 7 heteroatoms. The molecule has 0 spiro atoms. The molecule has 0 radical (unpaired) electrons. The van der Waals surface area contributed by atoms with E-state index >= 15 is 0 Å². The number of aromatic nitrogens is 3. The fraction of sp³-hybridized carbons (Fsp3) is 0.286. The summed E-state index contributed by atoms with van der Waals surface area (Å²) < 4.78 is 7.48. The molecule has 146 valence electrons. The monoisotopic (exact) mass is 398 g/mol. The van der Waals surface area contributed by atoms with E-state index in [1.807, 2.05) is 57.2 Å². The first-order chi connectivity index (χ1) is 13.4. The Hall–Kier alpha value is -2.86. The van der Waals surface area contributed by atoms with Crippen LogP contribution in [0.1, 0.15) is 29.7 Å². The Balaban J connectivity index is 1.64. The van der Waals surface area contributed by atoms with E-state index in [1.165, 1.54) is 6.33 Å². The van der Waals surface area contributed by atoms with Gasteiger partial charge in [0, 0.05) is 12.1 Å². The van der Waals surface area contributed by atoms with E-state index in [9.17, 15) is 4.79 Å². The molecule has 1 heterocycles. The summed E-state index contributed by atoms with van der Waals surface area (Å²) in [5.41, 5.74) is 3.77. The van der Waals surface area contributed by atoms with Gasteiger partial charge in [0.1, 0.15) is 18.4 Å². The van der Waals surface area contributed by atoms with E-state index in [0.29, 0.717) is 10.8 Å². The Morgan fingerprint density at radius 3 is 2.43 bits per heavy atom. The van der Waals surface area contributed by atoms with Crippen LogP contribution in [-0.2, 0) is 4.79 Å². The van der Waals surface area contributed by atoms with Gasteiger partial charge in [-0.2, -0.15) is 5.10 Å². The summed E-state index contributed by atoms with van der Waals surface area (Å²) in [5.74, 6) is 0.609. The molecule has 0 bridgehead atoms. The zero-order valence-corrected chi connectivity index (χ0v) is 17.1. The maximum Gasteiger partial charge on any atom is 0.260 e. The number of aryl methyl sites for hydroxylation is 2. The standard InChI is InChI=1S/C21H23ClN4O2/c1-14-9-18(22)10-15(2)21(14)28-11-20(27)25(4)16(3)17-5-7-19(8-6-17)26-13-23-12-24-26/h5-10,12-13,16H,11H2,1-4H3/t16-/m1/s1. The second kappa shape index (κ2) is 8.44. The van der Waals surface area contributed by atoms with Gasteiger partial charge in [-0.3, -0.25) is 4.79 Å². The fourth-order valence-electron chi connectivity index (χ4n) is 3.05. The van der Waals surface area contributed by atoms with E-state index < -0.39 is 0 Å². The average Bonchev–Trinajstić information content (AvgIpc) is 3.20. The van der Waals surface area contributed by atoms with Crippen LogP contribution in [0.4, 0.5) is 0 Å². The molecule has 0 aliphatic carbocycles. The number of likely N-dealkylation sites (N-methyl/N-ethyl adjacent to an activating group) is 1. The quantitative estimate of drug-likeness (QED) is 0.626. The number of amides is 1. The van der Waals surface area contributed by atoms with Crippen LogP contribution in [0.15, 0.2) is 49.1 Å². The van der Waals surface area contributed by atoms with E-state index in [-0.39, 0.29) is 18.6 Å².